The standard InChI is InChI=1S/C15H25NO2/c1-4-14(10-17)16-9-13-5-7-15(8-6-13)18-11-12(2)3/h5-8,12,14,16-17H,4,9-11H2,1-3H3. The van der Waals surface area contributed by atoms with Gasteiger partial charge in [-0.3, -0.25) is 0 Å². The lowest BCUT2D eigenvalue weighted by Gasteiger charge is -2.14. The summed E-state index contributed by atoms with van der Waals surface area (Å²) in [6.45, 7) is 8.06. The maximum absolute atomic E-state index is 9.09. The Morgan fingerprint density at radius 2 is 1.89 bits per heavy atom. The summed E-state index contributed by atoms with van der Waals surface area (Å²) in [5.41, 5.74) is 1.21. The molecule has 1 aromatic rings. The highest BCUT2D eigenvalue weighted by Crippen LogP contribution is 2.13. The van der Waals surface area contributed by atoms with Crippen LogP contribution in [0.15, 0.2) is 24.3 Å². The fraction of sp³-hybridized carbons (Fsp3) is 0.600. The van der Waals surface area contributed by atoms with Crippen LogP contribution in [-0.2, 0) is 6.54 Å². The second-order valence-electron chi connectivity index (χ2n) is 5.02. The first kappa shape index (κ1) is 15.0. The highest BCUT2D eigenvalue weighted by molar-refractivity contribution is 5.27. The summed E-state index contributed by atoms with van der Waals surface area (Å²) in [5, 5.41) is 12.4. The van der Waals surface area contributed by atoms with Gasteiger partial charge in [0.2, 0.25) is 0 Å². The van der Waals surface area contributed by atoms with Crippen LogP contribution in [0, 0.1) is 5.92 Å². The molecule has 18 heavy (non-hydrogen) atoms. The van der Waals surface area contributed by atoms with Crippen molar-refractivity contribution in [2.45, 2.75) is 39.8 Å². The van der Waals surface area contributed by atoms with Crippen molar-refractivity contribution in [3.8, 4) is 5.75 Å². The summed E-state index contributed by atoms with van der Waals surface area (Å²) in [5.74, 6) is 1.46. The Bertz CT molecular complexity index is 318. The summed E-state index contributed by atoms with van der Waals surface area (Å²) >= 11 is 0. The molecule has 0 aliphatic carbocycles. The maximum Gasteiger partial charge on any atom is 0.119 e. The Balaban J connectivity index is 2.40. The molecule has 3 nitrogen and oxygen atoms in total. The van der Waals surface area contributed by atoms with E-state index in [1.807, 2.05) is 12.1 Å². The lowest BCUT2D eigenvalue weighted by atomic mass is 10.2. The second-order valence-corrected chi connectivity index (χ2v) is 5.02. The van der Waals surface area contributed by atoms with Crippen molar-refractivity contribution in [3.05, 3.63) is 29.8 Å². The van der Waals surface area contributed by atoms with Crippen LogP contribution in [0.4, 0.5) is 0 Å². The summed E-state index contributed by atoms with van der Waals surface area (Å²) in [7, 11) is 0. The van der Waals surface area contributed by atoms with Crippen LogP contribution in [0.2, 0.25) is 0 Å². The average Bonchev–Trinajstić information content (AvgIpc) is 2.39. The molecule has 0 aliphatic rings. The van der Waals surface area contributed by atoms with Gasteiger partial charge in [0.25, 0.3) is 0 Å². The Hall–Kier alpha value is -1.06. The van der Waals surface area contributed by atoms with Gasteiger partial charge in [-0.15, -0.1) is 0 Å². The molecule has 1 aromatic carbocycles. The molecule has 0 radical (unpaired) electrons. The minimum absolute atomic E-state index is 0.182. The molecule has 0 saturated heterocycles. The van der Waals surface area contributed by atoms with Gasteiger partial charge in [-0.1, -0.05) is 32.9 Å². The molecule has 0 fully saturated rings. The van der Waals surface area contributed by atoms with Crippen LogP contribution in [0.5, 0.6) is 5.75 Å². The van der Waals surface area contributed by atoms with Crippen molar-refractivity contribution in [3.63, 3.8) is 0 Å². The number of hydrogen-bond donors (Lipinski definition) is 2. The normalized spacial score (nSPS) is 12.7. The molecule has 0 amide bonds. The third kappa shape index (κ3) is 5.52. The minimum Gasteiger partial charge on any atom is -0.493 e. The summed E-state index contributed by atoms with van der Waals surface area (Å²) in [6.07, 6.45) is 0.937. The molecule has 1 unspecified atom stereocenters. The predicted molar refractivity (Wildman–Crippen MR) is 74.8 cm³/mol. The van der Waals surface area contributed by atoms with E-state index in [-0.39, 0.29) is 12.6 Å². The van der Waals surface area contributed by atoms with E-state index in [4.69, 9.17) is 9.84 Å². The van der Waals surface area contributed by atoms with Crippen LogP contribution in [0.25, 0.3) is 0 Å². The molecule has 0 aromatic heterocycles. The summed E-state index contributed by atoms with van der Waals surface area (Å²) in [6, 6.07) is 8.31. The first-order valence-electron chi connectivity index (χ1n) is 6.71. The molecular formula is C15H25NO2. The van der Waals surface area contributed by atoms with Crippen molar-refractivity contribution in [2.24, 2.45) is 5.92 Å². The van der Waals surface area contributed by atoms with Crippen LogP contribution in [0.1, 0.15) is 32.8 Å². The zero-order valence-corrected chi connectivity index (χ0v) is 11.6. The third-order valence-electron chi connectivity index (χ3n) is 2.81. The van der Waals surface area contributed by atoms with E-state index in [2.05, 4.69) is 38.2 Å². The maximum atomic E-state index is 9.09. The molecule has 0 bridgehead atoms. The van der Waals surface area contributed by atoms with Gasteiger partial charge in [0.1, 0.15) is 5.75 Å². The minimum atomic E-state index is 0.182. The smallest absolute Gasteiger partial charge is 0.119 e. The fourth-order valence-electron chi connectivity index (χ4n) is 1.57. The van der Waals surface area contributed by atoms with E-state index >= 15 is 0 Å². The molecule has 1 atom stereocenters. The number of benzene rings is 1. The lowest BCUT2D eigenvalue weighted by Crippen LogP contribution is -2.31. The molecule has 0 saturated carbocycles. The van der Waals surface area contributed by atoms with Crippen LogP contribution in [-0.4, -0.2) is 24.4 Å². The number of ether oxygens (including phenoxy) is 1. The highest BCUT2D eigenvalue weighted by Gasteiger charge is 2.03. The Morgan fingerprint density at radius 1 is 1.22 bits per heavy atom. The Labute approximate surface area is 110 Å². The van der Waals surface area contributed by atoms with Gasteiger partial charge >= 0.3 is 0 Å². The van der Waals surface area contributed by atoms with Gasteiger partial charge in [-0.25, -0.2) is 0 Å². The van der Waals surface area contributed by atoms with Crippen molar-refractivity contribution < 1.29 is 9.84 Å². The number of aliphatic hydroxyl groups excluding tert-OH is 1. The molecule has 2 N–H and O–H groups in total. The fourth-order valence-corrected chi connectivity index (χ4v) is 1.57. The van der Waals surface area contributed by atoms with E-state index in [0.29, 0.717) is 5.92 Å². The van der Waals surface area contributed by atoms with E-state index < -0.39 is 0 Å². The SMILES string of the molecule is CCC(CO)NCc1ccc(OCC(C)C)cc1. The molecule has 102 valence electrons. The molecule has 1 rings (SSSR count). The van der Waals surface area contributed by atoms with Crippen LogP contribution in [0.3, 0.4) is 0 Å². The third-order valence-corrected chi connectivity index (χ3v) is 2.81. The van der Waals surface area contributed by atoms with E-state index in [0.717, 1.165) is 25.3 Å². The van der Waals surface area contributed by atoms with Gasteiger partial charge in [-0.05, 0) is 30.0 Å². The molecule has 0 heterocycles. The molecule has 0 aliphatic heterocycles. The van der Waals surface area contributed by atoms with E-state index in [1.165, 1.54) is 5.56 Å². The van der Waals surface area contributed by atoms with Gasteiger partial charge in [0, 0.05) is 12.6 Å². The quantitative estimate of drug-likeness (QED) is 0.746. The second kappa shape index (κ2) is 8.11. The molecular weight excluding hydrogens is 226 g/mol. The van der Waals surface area contributed by atoms with Crippen molar-refractivity contribution in [1.29, 1.82) is 0 Å². The average molecular weight is 251 g/mol. The topological polar surface area (TPSA) is 41.5 Å². The summed E-state index contributed by atoms with van der Waals surface area (Å²) < 4.78 is 5.63. The first-order chi connectivity index (χ1) is 8.65. The predicted octanol–water partition coefficient (Wildman–Crippen LogP) is 2.58. The summed E-state index contributed by atoms with van der Waals surface area (Å²) in [4.78, 5) is 0. The van der Waals surface area contributed by atoms with Gasteiger partial charge < -0.3 is 15.2 Å². The highest BCUT2D eigenvalue weighted by atomic mass is 16.5. The zero-order chi connectivity index (χ0) is 13.4. The molecule has 3 heteroatoms. The largest absolute Gasteiger partial charge is 0.493 e. The van der Waals surface area contributed by atoms with Crippen molar-refractivity contribution >= 4 is 0 Å². The van der Waals surface area contributed by atoms with Crippen molar-refractivity contribution in [1.82, 2.24) is 5.32 Å². The van der Waals surface area contributed by atoms with Gasteiger partial charge in [0.05, 0.1) is 13.2 Å². The van der Waals surface area contributed by atoms with E-state index in [1.54, 1.807) is 0 Å². The number of nitrogens with one attached hydrogen (secondary N) is 1. The van der Waals surface area contributed by atoms with Crippen LogP contribution < -0.4 is 10.1 Å². The zero-order valence-electron chi connectivity index (χ0n) is 11.6. The molecule has 0 spiro atoms. The first-order valence-corrected chi connectivity index (χ1v) is 6.71. The van der Waals surface area contributed by atoms with E-state index in [9.17, 15) is 0 Å². The lowest BCUT2D eigenvalue weighted by molar-refractivity contribution is 0.238. The Morgan fingerprint density at radius 3 is 2.39 bits per heavy atom. The van der Waals surface area contributed by atoms with Crippen molar-refractivity contribution in [2.75, 3.05) is 13.2 Å². The Kier molecular flexibility index (Phi) is 6.76. The number of rotatable bonds is 8. The number of aliphatic hydroxyl groups is 1. The number of hydrogen-bond acceptors (Lipinski definition) is 3. The monoisotopic (exact) mass is 251 g/mol. The van der Waals surface area contributed by atoms with Crippen LogP contribution >= 0.6 is 0 Å². The van der Waals surface area contributed by atoms with Gasteiger partial charge in [0.15, 0.2) is 0 Å². The van der Waals surface area contributed by atoms with Gasteiger partial charge in [-0.2, -0.15) is 0 Å².